The SMILES string of the molecule is CSc1sccc1Cl. The summed E-state index contributed by atoms with van der Waals surface area (Å²) in [7, 11) is 0. The molecule has 0 aliphatic rings. The molecule has 0 fully saturated rings. The highest BCUT2D eigenvalue weighted by atomic mass is 35.5. The van der Waals surface area contributed by atoms with Gasteiger partial charge >= 0.3 is 0 Å². The van der Waals surface area contributed by atoms with E-state index in [0.29, 0.717) is 0 Å². The fourth-order valence-electron chi connectivity index (χ4n) is 0.426. The van der Waals surface area contributed by atoms with Crippen LogP contribution in [0.15, 0.2) is 15.7 Å². The van der Waals surface area contributed by atoms with Crippen molar-refractivity contribution in [3.63, 3.8) is 0 Å². The quantitative estimate of drug-likeness (QED) is 0.575. The summed E-state index contributed by atoms with van der Waals surface area (Å²) in [6.07, 6.45) is 2.03. The van der Waals surface area contributed by atoms with Gasteiger partial charge in [0.05, 0.1) is 9.23 Å². The summed E-state index contributed by atoms with van der Waals surface area (Å²) in [5.41, 5.74) is 0. The van der Waals surface area contributed by atoms with Crippen LogP contribution in [0.4, 0.5) is 0 Å². The zero-order valence-electron chi connectivity index (χ0n) is 4.35. The number of hydrogen-bond acceptors (Lipinski definition) is 2. The second-order valence-electron chi connectivity index (χ2n) is 1.26. The Morgan fingerprint density at radius 3 is 2.75 bits per heavy atom. The van der Waals surface area contributed by atoms with E-state index in [1.807, 2.05) is 17.7 Å². The van der Waals surface area contributed by atoms with Crippen LogP contribution in [0.1, 0.15) is 0 Å². The minimum Gasteiger partial charge on any atom is -0.136 e. The molecule has 1 aromatic heterocycles. The largest absolute Gasteiger partial charge is 0.136 e. The molecule has 1 aromatic rings. The Kier molecular flexibility index (Phi) is 2.23. The van der Waals surface area contributed by atoms with Crippen LogP contribution in [0.25, 0.3) is 0 Å². The van der Waals surface area contributed by atoms with Crippen molar-refractivity contribution in [1.82, 2.24) is 0 Å². The van der Waals surface area contributed by atoms with Crippen LogP contribution in [0, 0.1) is 0 Å². The van der Waals surface area contributed by atoms with Gasteiger partial charge in [-0.05, 0) is 17.7 Å². The number of hydrogen-bond donors (Lipinski definition) is 0. The second-order valence-corrected chi connectivity index (χ2v) is 3.66. The van der Waals surface area contributed by atoms with Crippen molar-refractivity contribution in [3.05, 3.63) is 16.5 Å². The number of halogens is 1. The smallest absolute Gasteiger partial charge is 0.0782 e. The molecule has 44 valence electrons. The molecular formula is C5H5ClS2. The molecule has 0 bridgehead atoms. The molecule has 0 spiro atoms. The molecule has 0 aromatic carbocycles. The summed E-state index contributed by atoms with van der Waals surface area (Å²) < 4.78 is 1.20. The van der Waals surface area contributed by atoms with Crippen molar-refractivity contribution in [2.75, 3.05) is 6.26 Å². The highest BCUT2D eigenvalue weighted by Crippen LogP contribution is 2.30. The van der Waals surface area contributed by atoms with Gasteiger partial charge in [-0.15, -0.1) is 23.1 Å². The summed E-state index contributed by atoms with van der Waals surface area (Å²) >= 11 is 9.10. The average Bonchev–Trinajstić information content (AvgIpc) is 2.14. The van der Waals surface area contributed by atoms with Gasteiger partial charge < -0.3 is 0 Å². The Morgan fingerprint density at radius 2 is 2.50 bits per heavy atom. The lowest BCUT2D eigenvalue weighted by Gasteiger charge is -1.85. The van der Waals surface area contributed by atoms with Crippen molar-refractivity contribution >= 4 is 34.7 Å². The Labute approximate surface area is 61.9 Å². The highest BCUT2D eigenvalue weighted by Gasteiger charge is 1.95. The van der Waals surface area contributed by atoms with Gasteiger partial charge in [0.15, 0.2) is 0 Å². The molecule has 1 rings (SSSR count). The van der Waals surface area contributed by atoms with Crippen LogP contribution >= 0.6 is 34.7 Å². The van der Waals surface area contributed by atoms with Crippen molar-refractivity contribution in [2.45, 2.75) is 4.21 Å². The fourth-order valence-corrected chi connectivity index (χ4v) is 2.25. The van der Waals surface area contributed by atoms with Gasteiger partial charge in [0, 0.05) is 0 Å². The third-order valence-corrected chi connectivity index (χ3v) is 3.39. The lowest BCUT2D eigenvalue weighted by atomic mass is 10.7. The molecule has 8 heavy (non-hydrogen) atoms. The first-order chi connectivity index (χ1) is 3.84. The maximum atomic E-state index is 5.73. The second kappa shape index (κ2) is 2.76. The van der Waals surface area contributed by atoms with E-state index in [-0.39, 0.29) is 0 Å². The van der Waals surface area contributed by atoms with Crippen LogP contribution in [0.5, 0.6) is 0 Å². The first-order valence-electron chi connectivity index (χ1n) is 2.11. The highest BCUT2D eigenvalue weighted by molar-refractivity contribution is 8.00. The van der Waals surface area contributed by atoms with E-state index in [4.69, 9.17) is 11.6 Å². The molecule has 0 atom stereocenters. The van der Waals surface area contributed by atoms with Crippen molar-refractivity contribution in [3.8, 4) is 0 Å². The van der Waals surface area contributed by atoms with Crippen LogP contribution in [0.2, 0.25) is 5.02 Å². The van der Waals surface area contributed by atoms with E-state index < -0.39 is 0 Å². The summed E-state index contributed by atoms with van der Waals surface area (Å²) in [6, 6.07) is 1.91. The Balaban J connectivity index is 2.92. The van der Waals surface area contributed by atoms with E-state index in [2.05, 4.69) is 0 Å². The van der Waals surface area contributed by atoms with Crippen LogP contribution in [0.3, 0.4) is 0 Å². The fraction of sp³-hybridized carbons (Fsp3) is 0.200. The molecule has 0 radical (unpaired) electrons. The normalized spacial score (nSPS) is 9.75. The van der Waals surface area contributed by atoms with E-state index in [1.54, 1.807) is 23.1 Å². The van der Waals surface area contributed by atoms with E-state index >= 15 is 0 Å². The molecule has 0 amide bonds. The molecule has 0 saturated carbocycles. The molecule has 0 nitrogen and oxygen atoms in total. The lowest BCUT2D eigenvalue weighted by molar-refractivity contribution is 1.74. The molecule has 1 heterocycles. The minimum absolute atomic E-state index is 0.877. The predicted molar refractivity (Wildman–Crippen MR) is 41.1 cm³/mol. The Bertz CT molecular complexity index is 171. The first-order valence-corrected chi connectivity index (χ1v) is 4.60. The maximum Gasteiger partial charge on any atom is 0.0782 e. The van der Waals surface area contributed by atoms with Gasteiger partial charge in [-0.3, -0.25) is 0 Å². The predicted octanol–water partition coefficient (Wildman–Crippen LogP) is 3.12. The van der Waals surface area contributed by atoms with E-state index in [0.717, 1.165) is 5.02 Å². The third kappa shape index (κ3) is 1.19. The summed E-state index contributed by atoms with van der Waals surface area (Å²) in [5.74, 6) is 0. The lowest BCUT2D eigenvalue weighted by Crippen LogP contribution is -1.53. The third-order valence-electron chi connectivity index (χ3n) is 0.770. The van der Waals surface area contributed by atoms with Crippen LogP contribution in [-0.2, 0) is 0 Å². The molecule has 0 aliphatic heterocycles. The average molecular weight is 165 g/mol. The zero-order valence-corrected chi connectivity index (χ0v) is 6.74. The molecular weight excluding hydrogens is 160 g/mol. The summed E-state index contributed by atoms with van der Waals surface area (Å²) in [5, 5.41) is 2.87. The minimum atomic E-state index is 0.877. The topological polar surface area (TPSA) is 0 Å². The molecule has 0 aliphatic carbocycles. The Hall–Kier alpha value is 0.340. The van der Waals surface area contributed by atoms with Crippen molar-refractivity contribution < 1.29 is 0 Å². The van der Waals surface area contributed by atoms with Gasteiger partial charge in [-0.2, -0.15) is 0 Å². The van der Waals surface area contributed by atoms with Crippen molar-refractivity contribution in [1.29, 1.82) is 0 Å². The van der Waals surface area contributed by atoms with E-state index in [9.17, 15) is 0 Å². The van der Waals surface area contributed by atoms with Crippen LogP contribution < -0.4 is 0 Å². The van der Waals surface area contributed by atoms with Gasteiger partial charge in [0.2, 0.25) is 0 Å². The van der Waals surface area contributed by atoms with Crippen LogP contribution in [-0.4, -0.2) is 6.26 Å². The molecule has 0 N–H and O–H groups in total. The van der Waals surface area contributed by atoms with Crippen molar-refractivity contribution in [2.24, 2.45) is 0 Å². The first kappa shape index (κ1) is 6.46. The summed E-state index contributed by atoms with van der Waals surface area (Å²) in [6.45, 7) is 0. The van der Waals surface area contributed by atoms with E-state index in [1.165, 1.54) is 4.21 Å². The molecule has 0 saturated heterocycles. The van der Waals surface area contributed by atoms with Gasteiger partial charge in [0.1, 0.15) is 0 Å². The number of rotatable bonds is 1. The number of thioether (sulfide) groups is 1. The Morgan fingerprint density at radius 1 is 1.75 bits per heavy atom. The maximum absolute atomic E-state index is 5.73. The number of thiophene rings is 1. The molecule has 3 heteroatoms. The molecule has 0 unspecified atom stereocenters. The van der Waals surface area contributed by atoms with Gasteiger partial charge in [0.25, 0.3) is 0 Å². The standard InChI is InChI=1S/C5H5ClS2/c1-7-5-4(6)2-3-8-5/h2-3H,1H3. The monoisotopic (exact) mass is 164 g/mol. The zero-order chi connectivity index (χ0) is 5.98. The van der Waals surface area contributed by atoms with Gasteiger partial charge in [-0.1, -0.05) is 11.6 Å². The summed E-state index contributed by atoms with van der Waals surface area (Å²) in [4.78, 5) is 0. The van der Waals surface area contributed by atoms with Gasteiger partial charge in [-0.25, -0.2) is 0 Å².